The van der Waals surface area contributed by atoms with Crippen molar-refractivity contribution in [1.82, 2.24) is 4.98 Å². The zero-order chi connectivity index (χ0) is 11.4. The van der Waals surface area contributed by atoms with Crippen LogP contribution in [0.2, 0.25) is 0 Å². The van der Waals surface area contributed by atoms with Crippen LogP contribution in [0.25, 0.3) is 11.1 Å². The molecule has 2 nitrogen and oxygen atoms in total. The first-order chi connectivity index (χ1) is 7.75. The minimum atomic E-state index is -2.84. The van der Waals surface area contributed by atoms with Crippen LogP contribution in [0.15, 0.2) is 48.7 Å². The van der Waals surface area contributed by atoms with Crippen molar-refractivity contribution in [2.24, 2.45) is 0 Å². The van der Waals surface area contributed by atoms with Gasteiger partial charge in [-0.3, -0.25) is 0 Å². The summed E-state index contributed by atoms with van der Waals surface area (Å²) in [6.45, 7) is -2.84. The first kappa shape index (κ1) is 10.5. The molecule has 1 heterocycles. The topological polar surface area (TPSA) is 22.1 Å². The molecule has 0 aliphatic carbocycles. The van der Waals surface area contributed by atoms with Gasteiger partial charge in [0.2, 0.25) is 5.88 Å². The van der Waals surface area contributed by atoms with Crippen LogP contribution in [0.1, 0.15) is 0 Å². The van der Waals surface area contributed by atoms with E-state index in [-0.39, 0.29) is 5.88 Å². The van der Waals surface area contributed by atoms with Gasteiger partial charge in [-0.25, -0.2) is 4.98 Å². The van der Waals surface area contributed by atoms with E-state index in [0.717, 1.165) is 11.1 Å². The van der Waals surface area contributed by atoms with Gasteiger partial charge in [0.1, 0.15) is 0 Å². The average molecular weight is 221 g/mol. The van der Waals surface area contributed by atoms with Gasteiger partial charge in [0.15, 0.2) is 0 Å². The lowest BCUT2D eigenvalue weighted by molar-refractivity contribution is -0.0528. The Kier molecular flexibility index (Phi) is 3.10. The molecule has 1 aromatic carbocycles. The Morgan fingerprint density at radius 3 is 2.25 bits per heavy atom. The maximum absolute atomic E-state index is 11.9. The highest BCUT2D eigenvalue weighted by atomic mass is 19.3. The summed E-state index contributed by atoms with van der Waals surface area (Å²) in [5, 5.41) is 0. The molecule has 0 atom stereocenters. The Balaban J connectivity index is 2.20. The van der Waals surface area contributed by atoms with Gasteiger partial charge in [-0.15, -0.1) is 0 Å². The predicted octanol–water partition coefficient (Wildman–Crippen LogP) is 3.35. The molecular formula is C12H9F2NO. The minimum Gasteiger partial charge on any atom is -0.417 e. The van der Waals surface area contributed by atoms with Crippen molar-refractivity contribution in [1.29, 1.82) is 0 Å². The van der Waals surface area contributed by atoms with Gasteiger partial charge >= 0.3 is 6.61 Å². The molecule has 2 rings (SSSR count). The monoisotopic (exact) mass is 221 g/mol. The lowest BCUT2D eigenvalue weighted by atomic mass is 10.1. The van der Waals surface area contributed by atoms with Crippen molar-refractivity contribution >= 4 is 0 Å². The molecule has 0 fully saturated rings. The highest BCUT2D eigenvalue weighted by Crippen LogP contribution is 2.20. The van der Waals surface area contributed by atoms with Crippen molar-refractivity contribution in [3.8, 4) is 17.0 Å². The molecule has 0 aliphatic heterocycles. The van der Waals surface area contributed by atoms with Crippen LogP contribution in [0.5, 0.6) is 5.88 Å². The molecule has 0 saturated carbocycles. The van der Waals surface area contributed by atoms with E-state index in [2.05, 4.69) is 9.72 Å². The number of halogens is 2. The SMILES string of the molecule is FC(F)Oc1ccc(-c2ccccc2)cn1. The van der Waals surface area contributed by atoms with Gasteiger partial charge in [0.05, 0.1) is 0 Å². The molecule has 16 heavy (non-hydrogen) atoms. The van der Waals surface area contributed by atoms with Crippen LogP contribution in [0.3, 0.4) is 0 Å². The first-order valence-electron chi connectivity index (χ1n) is 4.72. The lowest BCUT2D eigenvalue weighted by Gasteiger charge is -2.04. The number of rotatable bonds is 3. The second-order valence-corrected chi connectivity index (χ2v) is 3.13. The van der Waals surface area contributed by atoms with E-state index in [0.29, 0.717) is 0 Å². The van der Waals surface area contributed by atoms with Crippen molar-refractivity contribution in [2.45, 2.75) is 6.61 Å². The Hall–Kier alpha value is -1.97. The molecule has 82 valence electrons. The van der Waals surface area contributed by atoms with Crippen molar-refractivity contribution < 1.29 is 13.5 Å². The lowest BCUT2D eigenvalue weighted by Crippen LogP contribution is -2.03. The van der Waals surface area contributed by atoms with Gasteiger partial charge < -0.3 is 4.74 Å². The smallest absolute Gasteiger partial charge is 0.388 e. The van der Waals surface area contributed by atoms with E-state index < -0.39 is 6.61 Å². The maximum atomic E-state index is 11.9. The summed E-state index contributed by atoms with van der Waals surface area (Å²) < 4.78 is 27.9. The number of pyridine rings is 1. The molecule has 0 radical (unpaired) electrons. The second-order valence-electron chi connectivity index (χ2n) is 3.13. The fourth-order valence-electron chi connectivity index (χ4n) is 1.34. The van der Waals surface area contributed by atoms with E-state index in [1.807, 2.05) is 30.3 Å². The third-order valence-electron chi connectivity index (χ3n) is 2.05. The van der Waals surface area contributed by atoms with Crippen LogP contribution >= 0.6 is 0 Å². The molecule has 0 aliphatic rings. The molecule has 0 N–H and O–H groups in total. The van der Waals surface area contributed by atoms with Gasteiger partial charge in [-0.05, 0) is 11.6 Å². The van der Waals surface area contributed by atoms with Crippen LogP contribution in [-0.4, -0.2) is 11.6 Å². The molecule has 0 bridgehead atoms. The molecule has 0 unspecified atom stereocenters. The maximum Gasteiger partial charge on any atom is 0.388 e. The molecule has 0 amide bonds. The summed E-state index contributed by atoms with van der Waals surface area (Å²) >= 11 is 0. The number of benzene rings is 1. The Bertz CT molecular complexity index is 442. The fraction of sp³-hybridized carbons (Fsp3) is 0.0833. The van der Waals surface area contributed by atoms with Crippen molar-refractivity contribution in [2.75, 3.05) is 0 Å². The summed E-state index contributed by atoms with van der Waals surface area (Å²) in [7, 11) is 0. The van der Waals surface area contributed by atoms with Crippen LogP contribution < -0.4 is 4.74 Å². The molecule has 0 spiro atoms. The molecule has 4 heteroatoms. The van der Waals surface area contributed by atoms with Crippen molar-refractivity contribution in [3.05, 3.63) is 48.7 Å². The zero-order valence-corrected chi connectivity index (χ0v) is 8.31. The Morgan fingerprint density at radius 2 is 1.69 bits per heavy atom. The standard InChI is InChI=1S/C12H9F2NO/c13-12(14)16-11-7-6-10(8-15-11)9-4-2-1-3-5-9/h1-8,12H. The molecule has 2 aromatic rings. The quantitative estimate of drug-likeness (QED) is 0.792. The summed E-state index contributed by atoms with van der Waals surface area (Å²) in [5.74, 6) is -0.0744. The Morgan fingerprint density at radius 1 is 0.938 bits per heavy atom. The number of nitrogens with zero attached hydrogens (tertiary/aromatic N) is 1. The molecule has 0 saturated heterocycles. The van der Waals surface area contributed by atoms with E-state index >= 15 is 0 Å². The zero-order valence-electron chi connectivity index (χ0n) is 8.31. The highest BCUT2D eigenvalue weighted by Gasteiger charge is 2.05. The van der Waals surface area contributed by atoms with E-state index in [1.165, 1.54) is 12.3 Å². The summed E-state index contributed by atoms with van der Waals surface area (Å²) in [6, 6.07) is 12.7. The van der Waals surface area contributed by atoms with E-state index in [9.17, 15) is 8.78 Å². The highest BCUT2D eigenvalue weighted by molar-refractivity contribution is 5.62. The van der Waals surface area contributed by atoms with Gasteiger partial charge in [-0.1, -0.05) is 30.3 Å². The summed E-state index contributed by atoms with van der Waals surface area (Å²) in [4.78, 5) is 3.79. The number of hydrogen-bond acceptors (Lipinski definition) is 2. The number of aromatic nitrogens is 1. The summed E-state index contributed by atoms with van der Waals surface area (Å²) in [6.07, 6.45) is 1.51. The van der Waals surface area contributed by atoms with Crippen molar-refractivity contribution in [3.63, 3.8) is 0 Å². The predicted molar refractivity (Wildman–Crippen MR) is 56.3 cm³/mol. The minimum absolute atomic E-state index is 0.0744. The number of alkyl halides is 2. The summed E-state index contributed by atoms with van der Waals surface area (Å²) in [5.41, 5.74) is 1.85. The van der Waals surface area contributed by atoms with Crippen LogP contribution in [0, 0.1) is 0 Å². The van der Waals surface area contributed by atoms with E-state index in [1.54, 1.807) is 6.07 Å². The molecular weight excluding hydrogens is 212 g/mol. The normalized spacial score (nSPS) is 10.4. The third-order valence-corrected chi connectivity index (χ3v) is 2.05. The largest absolute Gasteiger partial charge is 0.417 e. The second kappa shape index (κ2) is 4.70. The third kappa shape index (κ3) is 2.53. The van der Waals surface area contributed by atoms with Gasteiger partial charge in [0.25, 0.3) is 0 Å². The number of ether oxygens (including phenoxy) is 1. The number of hydrogen-bond donors (Lipinski definition) is 0. The Labute approximate surface area is 91.5 Å². The van der Waals surface area contributed by atoms with E-state index in [4.69, 9.17) is 0 Å². The van der Waals surface area contributed by atoms with Gasteiger partial charge in [-0.2, -0.15) is 8.78 Å². The van der Waals surface area contributed by atoms with Crippen LogP contribution in [0.4, 0.5) is 8.78 Å². The fourth-order valence-corrected chi connectivity index (χ4v) is 1.34. The average Bonchev–Trinajstić information content (AvgIpc) is 2.30. The van der Waals surface area contributed by atoms with Crippen LogP contribution in [-0.2, 0) is 0 Å². The first-order valence-corrected chi connectivity index (χ1v) is 4.72. The van der Waals surface area contributed by atoms with Gasteiger partial charge in [0, 0.05) is 17.8 Å². The molecule has 1 aromatic heterocycles.